The molecule has 0 radical (unpaired) electrons. The zero-order valence-corrected chi connectivity index (χ0v) is 20.9. The van der Waals surface area contributed by atoms with Crippen molar-refractivity contribution in [2.24, 2.45) is 0 Å². The molecule has 1 unspecified atom stereocenters. The second-order valence-electron chi connectivity index (χ2n) is 8.63. The van der Waals surface area contributed by atoms with E-state index in [4.69, 9.17) is 18.9 Å². The molecule has 0 amide bonds. The number of ether oxygens (including phenoxy) is 4. The average molecular weight is 474 g/mol. The molecule has 0 saturated carbocycles. The van der Waals surface area contributed by atoms with Crippen LogP contribution in [-0.4, -0.2) is 27.4 Å². The van der Waals surface area contributed by atoms with Gasteiger partial charge in [0.15, 0.2) is 23.0 Å². The van der Waals surface area contributed by atoms with Gasteiger partial charge in [0.25, 0.3) is 0 Å². The molecular formula is C30H35NO4. The van der Waals surface area contributed by atoms with Gasteiger partial charge in [-0.25, -0.2) is 0 Å². The highest BCUT2D eigenvalue weighted by atomic mass is 16.5. The summed E-state index contributed by atoms with van der Waals surface area (Å²) in [5, 5.41) is 3.61. The van der Waals surface area contributed by atoms with Crippen molar-refractivity contribution in [3.63, 3.8) is 0 Å². The molecule has 1 atom stereocenters. The molecule has 0 saturated heterocycles. The van der Waals surface area contributed by atoms with Crippen LogP contribution in [0, 0.1) is 0 Å². The lowest BCUT2D eigenvalue weighted by Gasteiger charge is -2.26. The van der Waals surface area contributed by atoms with Gasteiger partial charge < -0.3 is 24.3 Å². The molecule has 1 aliphatic heterocycles. The molecule has 0 bridgehead atoms. The second-order valence-corrected chi connectivity index (χ2v) is 8.63. The van der Waals surface area contributed by atoms with Crippen LogP contribution in [0.4, 0.5) is 0 Å². The Hall–Kier alpha value is -3.44. The number of methoxy groups -OCH3 is 2. The Bertz CT molecular complexity index is 1130. The van der Waals surface area contributed by atoms with Gasteiger partial charge in [-0.15, -0.1) is 0 Å². The highest BCUT2D eigenvalue weighted by Crippen LogP contribution is 2.37. The van der Waals surface area contributed by atoms with Crippen LogP contribution in [0.3, 0.4) is 0 Å². The van der Waals surface area contributed by atoms with Crippen molar-refractivity contribution in [1.29, 1.82) is 0 Å². The number of nitrogens with one attached hydrogen (secondary N) is 1. The van der Waals surface area contributed by atoms with Gasteiger partial charge in [-0.3, -0.25) is 0 Å². The van der Waals surface area contributed by atoms with Gasteiger partial charge in [-0.1, -0.05) is 61.9 Å². The van der Waals surface area contributed by atoms with E-state index in [0.29, 0.717) is 13.2 Å². The van der Waals surface area contributed by atoms with E-state index in [-0.39, 0.29) is 6.04 Å². The molecule has 5 nitrogen and oxygen atoms in total. The minimum atomic E-state index is 0.0855. The third-order valence-electron chi connectivity index (χ3n) is 6.18. The maximum absolute atomic E-state index is 6.13. The minimum Gasteiger partial charge on any atom is -0.493 e. The first kappa shape index (κ1) is 24.7. The van der Waals surface area contributed by atoms with Crippen LogP contribution in [0.1, 0.15) is 48.1 Å². The smallest absolute Gasteiger partial charge is 0.161 e. The molecule has 3 aromatic carbocycles. The van der Waals surface area contributed by atoms with Crippen LogP contribution in [0.2, 0.25) is 0 Å². The first-order valence-electron chi connectivity index (χ1n) is 12.3. The molecule has 4 rings (SSSR count). The predicted molar refractivity (Wildman–Crippen MR) is 141 cm³/mol. The van der Waals surface area contributed by atoms with E-state index < -0.39 is 0 Å². The van der Waals surface area contributed by atoms with E-state index in [2.05, 4.69) is 48.7 Å². The number of hydrogen-bond donors (Lipinski definition) is 1. The Balaban J connectivity index is 1.52. The van der Waals surface area contributed by atoms with Gasteiger partial charge in [0.05, 0.1) is 26.9 Å². The first-order valence-corrected chi connectivity index (χ1v) is 12.3. The number of unbranched alkanes of at least 4 members (excludes halogenated alkanes) is 1. The standard InChI is InChI=1S/C30H35NO4/c1-4-5-17-34-29-18-22(12-14-27(29)32-2)11-13-26-25-20-28(33-3)30(19-24(25)15-16-31-26)35-21-23-9-7-6-8-10-23/h6-14,18-20,26,31H,4-5,15-17,21H2,1-3H3. The van der Waals surface area contributed by atoms with Crippen LogP contribution < -0.4 is 24.3 Å². The number of hydrogen-bond acceptors (Lipinski definition) is 5. The molecule has 1 N–H and O–H groups in total. The number of benzene rings is 3. The Morgan fingerprint density at radius 3 is 2.46 bits per heavy atom. The first-order chi connectivity index (χ1) is 17.2. The lowest BCUT2D eigenvalue weighted by molar-refractivity contribution is 0.283. The third-order valence-corrected chi connectivity index (χ3v) is 6.18. The second kappa shape index (κ2) is 12.3. The topological polar surface area (TPSA) is 49.0 Å². The fourth-order valence-electron chi connectivity index (χ4n) is 4.22. The monoisotopic (exact) mass is 473 g/mol. The molecule has 0 spiro atoms. The summed E-state index contributed by atoms with van der Waals surface area (Å²) in [6.45, 7) is 4.26. The number of fused-ring (bicyclic) bond motifs is 1. The molecule has 1 heterocycles. The highest BCUT2D eigenvalue weighted by Gasteiger charge is 2.21. The summed E-state index contributed by atoms with van der Waals surface area (Å²) < 4.78 is 23.2. The van der Waals surface area contributed by atoms with Crippen molar-refractivity contribution in [2.45, 2.75) is 38.8 Å². The van der Waals surface area contributed by atoms with Crippen molar-refractivity contribution in [1.82, 2.24) is 5.32 Å². The van der Waals surface area contributed by atoms with Gasteiger partial charge in [0.2, 0.25) is 0 Å². The van der Waals surface area contributed by atoms with Crippen LogP contribution in [-0.2, 0) is 13.0 Å². The van der Waals surface area contributed by atoms with Gasteiger partial charge in [0, 0.05) is 6.54 Å². The fourth-order valence-corrected chi connectivity index (χ4v) is 4.22. The van der Waals surface area contributed by atoms with E-state index in [9.17, 15) is 0 Å². The van der Waals surface area contributed by atoms with Gasteiger partial charge in [-0.05, 0) is 59.4 Å². The van der Waals surface area contributed by atoms with Crippen LogP contribution >= 0.6 is 0 Å². The van der Waals surface area contributed by atoms with Crippen LogP contribution in [0.15, 0.2) is 66.7 Å². The summed E-state index contributed by atoms with van der Waals surface area (Å²) in [7, 11) is 3.36. The zero-order chi connectivity index (χ0) is 24.5. The molecule has 0 aliphatic carbocycles. The molecule has 1 aliphatic rings. The molecule has 3 aromatic rings. The third kappa shape index (κ3) is 6.37. The fraction of sp³-hybridized carbons (Fsp3) is 0.333. The highest BCUT2D eigenvalue weighted by molar-refractivity contribution is 5.58. The van der Waals surface area contributed by atoms with Gasteiger partial charge >= 0.3 is 0 Å². The normalized spacial score (nSPS) is 15.0. The van der Waals surface area contributed by atoms with Gasteiger partial charge in [-0.2, -0.15) is 0 Å². The van der Waals surface area contributed by atoms with E-state index in [1.807, 2.05) is 36.4 Å². The summed E-state index contributed by atoms with van der Waals surface area (Å²) in [5.41, 5.74) is 4.69. The largest absolute Gasteiger partial charge is 0.493 e. The molecule has 0 aromatic heterocycles. The SMILES string of the molecule is CCCCOc1cc(C=CC2NCCc3cc(OCc4ccccc4)c(OC)cc32)ccc1OC. The summed E-state index contributed by atoms with van der Waals surface area (Å²) >= 11 is 0. The van der Waals surface area contributed by atoms with Crippen molar-refractivity contribution >= 4 is 6.08 Å². The zero-order valence-electron chi connectivity index (χ0n) is 20.9. The van der Waals surface area contributed by atoms with Crippen LogP contribution in [0.5, 0.6) is 23.0 Å². The van der Waals surface area contributed by atoms with Gasteiger partial charge in [0.1, 0.15) is 6.61 Å². The van der Waals surface area contributed by atoms with E-state index in [1.165, 1.54) is 11.1 Å². The lowest BCUT2D eigenvalue weighted by atomic mass is 9.93. The molecule has 184 valence electrons. The Morgan fingerprint density at radius 1 is 0.886 bits per heavy atom. The number of rotatable bonds is 11. The molecule has 35 heavy (non-hydrogen) atoms. The molecular weight excluding hydrogens is 438 g/mol. The van der Waals surface area contributed by atoms with E-state index in [1.54, 1.807) is 14.2 Å². The van der Waals surface area contributed by atoms with Crippen LogP contribution in [0.25, 0.3) is 6.08 Å². The van der Waals surface area contributed by atoms with Crippen molar-refractivity contribution < 1.29 is 18.9 Å². The summed E-state index contributed by atoms with van der Waals surface area (Å²) in [6, 6.07) is 20.5. The summed E-state index contributed by atoms with van der Waals surface area (Å²) in [6.07, 6.45) is 7.39. The minimum absolute atomic E-state index is 0.0855. The Kier molecular flexibility index (Phi) is 8.68. The lowest BCUT2D eigenvalue weighted by Crippen LogP contribution is -2.28. The van der Waals surface area contributed by atoms with E-state index >= 15 is 0 Å². The molecule has 5 heteroatoms. The Morgan fingerprint density at radius 2 is 1.69 bits per heavy atom. The van der Waals surface area contributed by atoms with E-state index in [0.717, 1.165) is 59.9 Å². The average Bonchev–Trinajstić information content (AvgIpc) is 2.91. The summed E-state index contributed by atoms with van der Waals surface area (Å²) in [4.78, 5) is 0. The maximum atomic E-state index is 6.13. The Labute approximate surface area is 208 Å². The maximum Gasteiger partial charge on any atom is 0.161 e. The van der Waals surface area contributed by atoms with Crippen molar-refractivity contribution in [3.05, 3.63) is 89.0 Å². The van der Waals surface area contributed by atoms with Crippen molar-refractivity contribution in [3.8, 4) is 23.0 Å². The quantitative estimate of drug-likeness (QED) is 0.328. The summed E-state index contributed by atoms with van der Waals surface area (Å²) in [5.74, 6) is 3.07. The van der Waals surface area contributed by atoms with Crippen molar-refractivity contribution in [2.75, 3.05) is 27.4 Å². The predicted octanol–water partition coefficient (Wildman–Crippen LogP) is 6.36. The molecule has 0 fully saturated rings.